The van der Waals surface area contributed by atoms with Gasteiger partial charge in [0.15, 0.2) is 18.2 Å². The normalized spacial score (nSPS) is 49.9. The lowest BCUT2D eigenvalue weighted by Gasteiger charge is -2.59. The molecule has 0 amide bonds. The molecule has 4 nitrogen and oxygen atoms in total. The summed E-state index contributed by atoms with van der Waals surface area (Å²) in [5.41, 5.74) is -1.79. The average molecular weight is 362 g/mol. The van der Waals surface area contributed by atoms with Crippen LogP contribution < -0.4 is 0 Å². The van der Waals surface area contributed by atoms with Crippen LogP contribution in [0.15, 0.2) is 23.8 Å². The van der Waals surface area contributed by atoms with Gasteiger partial charge in [0, 0.05) is 16.7 Å². The fourth-order valence-corrected chi connectivity index (χ4v) is 6.90. The van der Waals surface area contributed by atoms with E-state index in [1.54, 1.807) is 12.2 Å². The second-order valence-corrected chi connectivity index (χ2v) is 9.17. The molecule has 0 aromatic rings. The van der Waals surface area contributed by atoms with Gasteiger partial charge < -0.3 is 10.2 Å². The van der Waals surface area contributed by atoms with E-state index in [9.17, 15) is 24.2 Å². The first-order chi connectivity index (χ1) is 12.2. The first kappa shape index (κ1) is 18.1. The second kappa shape index (κ2) is 5.59. The Bertz CT molecular complexity index is 728. The summed E-state index contributed by atoms with van der Waals surface area (Å²) in [6.07, 6.45) is 7.34. The van der Waals surface area contributed by atoms with Crippen molar-refractivity contribution in [1.82, 2.24) is 0 Å². The van der Waals surface area contributed by atoms with Crippen molar-refractivity contribution in [2.24, 2.45) is 28.6 Å². The van der Waals surface area contributed by atoms with E-state index in [2.05, 4.69) is 6.92 Å². The highest BCUT2D eigenvalue weighted by atomic mass is 19.1. The second-order valence-electron chi connectivity index (χ2n) is 9.17. The van der Waals surface area contributed by atoms with Crippen molar-refractivity contribution < 1.29 is 24.2 Å². The number of ketones is 2. The number of fused-ring (bicyclic) bond motifs is 5. The molecule has 0 spiro atoms. The van der Waals surface area contributed by atoms with Gasteiger partial charge in [0.2, 0.25) is 0 Å². The number of allylic oxidation sites excluding steroid dienone is 4. The summed E-state index contributed by atoms with van der Waals surface area (Å²) in [5.74, 6) is -0.590. The van der Waals surface area contributed by atoms with Crippen LogP contribution in [-0.4, -0.2) is 40.2 Å². The molecule has 0 saturated heterocycles. The minimum Gasteiger partial charge on any atom is -0.393 e. The van der Waals surface area contributed by atoms with E-state index in [1.807, 2.05) is 13.0 Å². The standard InChI is InChI=1S/C21H27FO4/c1-19-7-5-13(23)9-12(19)3-4-14-15-6-8-21(26,17(25)11-22)20(15,2)10-16(24)18(14)19/h5,7,9,14-16,18,24,26H,3-4,6,8,10-11H2,1-2H3/t14-,15+,16+,18+,19-,20+,21-/m0/s1. The van der Waals surface area contributed by atoms with E-state index in [4.69, 9.17) is 0 Å². The Hall–Kier alpha value is -1.33. The van der Waals surface area contributed by atoms with Crippen LogP contribution in [0.1, 0.15) is 46.0 Å². The van der Waals surface area contributed by atoms with Gasteiger partial charge in [-0.3, -0.25) is 9.59 Å². The molecule has 0 aliphatic heterocycles. The van der Waals surface area contributed by atoms with Gasteiger partial charge in [-0.15, -0.1) is 0 Å². The number of Topliss-reactive ketones (excluding diaryl/α,β-unsaturated/α-hetero) is 1. The number of rotatable bonds is 2. The summed E-state index contributed by atoms with van der Waals surface area (Å²) in [7, 11) is 0. The van der Waals surface area contributed by atoms with E-state index >= 15 is 0 Å². The van der Waals surface area contributed by atoms with E-state index < -0.39 is 29.6 Å². The van der Waals surface area contributed by atoms with Crippen LogP contribution in [0.4, 0.5) is 4.39 Å². The molecule has 26 heavy (non-hydrogen) atoms. The number of hydrogen-bond acceptors (Lipinski definition) is 4. The molecule has 3 fully saturated rings. The minimum atomic E-state index is -1.69. The summed E-state index contributed by atoms with van der Waals surface area (Å²) < 4.78 is 13.1. The predicted octanol–water partition coefficient (Wildman–Crippen LogP) is 2.53. The molecular formula is C21H27FO4. The molecule has 0 unspecified atom stereocenters. The Kier molecular flexibility index (Phi) is 3.88. The largest absolute Gasteiger partial charge is 0.393 e. The first-order valence-electron chi connectivity index (χ1n) is 9.61. The molecule has 5 heteroatoms. The van der Waals surface area contributed by atoms with Gasteiger partial charge in [0.1, 0.15) is 5.60 Å². The average Bonchev–Trinajstić information content (AvgIpc) is 2.86. The van der Waals surface area contributed by atoms with Crippen molar-refractivity contribution in [2.75, 3.05) is 6.67 Å². The van der Waals surface area contributed by atoms with Crippen molar-refractivity contribution in [1.29, 1.82) is 0 Å². The van der Waals surface area contributed by atoms with E-state index in [-0.39, 0.29) is 41.8 Å². The highest BCUT2D eigenvalue weighted by Crippen LogP contribution is 2.67. The van der Waals surface area contributed by atoms with Gasteiger partial charge in [-0.1, -0.05) is 25.5 Å². The zero-order valence-corrected chi connectivity index (χ0v) is 15.4. The monoisotopic (exact) mass is 362 g/mol. The Morgan fingerprint density at radius 1 is 1.35 bits per heavy atom. The number of aliphatic hydroxyl groups excluding tert-OH is 1. The molecule has 0 bridgehead atoms. The lowest BCUT2D eigenvalue weighted by Crippen LogP contribution is -2.61. The molecule has 142 valence electrons. The Morgan fingerprint density at radius 3 is 2.77 bits per heavy atom. The SMILES string of the molecule is C[C@]12C=CC(=O)C=C1CC[C@@H]1[C@@H]2[C@H](O)C[C@]2(C)[C@@H]1CC[C@]2(O)C(=O)CF. The maximum Gasteiger partial charge on any atom is 0.195 e. The third-order valence-electron chi connectivity index (χ3n) is 8.23. The molecule has 0 aromatic heterocycles. The lowest BCUT2D eigenvalue weighted by molar-refractivity contribution is -0.177. The zero-order chi connectivity index (χ0) is 18.9. The van der Waals surface area contributed by atoms with Crippen molar-refractivity contribution >= 4 is 11.6 Å². The number of alkyl halides is 1. The molecule has 4 aliphatic carbocycles. The van der Waals surface area contributed by atoms with Crippen LogP contribution in [-0.2, 0) is 9.59 Å². The highest BCUT2D eigenvalue weighted by molar-refractivity contribution is 6.01. The number of carbonyl (C=O) groups is 2. The summed E-state index contributed by atoms with van der Waals surface area (Å²) in [5, 5.41) is 22.2. The summed E-state index contributed by atoms with van der Waals surface area (Å²) in [6, 6.07) is 0. The number of carbonyl (C=O) groups excluding carboxylic acids is 2. The number of aliphatic hydroxyl groups is 2. The van der Waals surface area contributed by atoms with Crippen LogP contribution in [0, 0.1) is 28.6 Å². The molecule has 4 rings (SSSR count). The quantitative estimate of drug-likeness (QED) is 0.792. The van der Waals surface area contributed by atoms with Gasteiger partial charge in [-0.2, -0.15) is 0 Å². The fraction of sp³-hybridized carbons (Fsp3) is 0.714. The lowest BCUT2D eigenvalue weighted by atomic mass is 9.46. The van der Waals surface area contributed by atoms with Crippen LogP contribution in [0.5, 0.6) is 0 Å². The van der Waals surface area contributed by atoms with Crippen LogP contribution >= 0.6 is 0 Å². The van der Waals surface area contributed by atoms with Gasteiger partial charge >= 0.3 is 0 Å². The molecular weight excluding hydrogens is 335 g/mol. The van der Waals surface area contributed by atoms with Crippen LogP contribution in [0.25, 0.3) is 0 Å². The maximum atomic E-state index is 13.1. The molecule has 2 N–H and O–H groups in total. The van der Waals surface area contributed by atoms with Crippen molar-refractivity contribution in [2.45, 2.75) is 57.7 Å². The first-order valence-corrected chi connectivity index (χ1v) is 9.61. The zero-order valence-electron chi connectivity index (χ0n) is 15.4. The smallest absolute Gasteiger partial charge is 0.195 e. The molecule has 7 atom stereocenters. The summed E-state index contributed by atoms with van der Waals surface area (Å²) >= 11 is 0. The Labute approximate surface area is 153 Å². The van der Waals surface area contributed by atoms with Crippen molar-refractivity contribution in [3.63, 3.8) is 0 Å². The van der Waals surface area contributed by atoms with Gasteiger partial charge in [0.05, 0.1) is 6.10 Å². The summed E-state index contributed by atoms with van der Waals surface area (Å²) in [4.78, 5) is 24.0. The predicted molar refractivity (Wildman–Crippen MR) is 93.9 cm³/mol. The minimum absolute atomic E-state index is 0.00477. The number of halogens is 1. The van der Waals surface area contributed by atoms with E-state index in [1.165, 1.54) is 0 Å². The van der Waals surface area contributed by atoms with Crippen LogP contribution in [0.2, 0.25) is 0 Å². The van der Waals surface area contributed by atoms with Gasteiger partial charge in [-0.25, -0.2) is 4.39 Å². The fourth-order valence-electron chi connectivity index (χ4n) is 6.90. The molecule has 0 heterocycles. The third kappa shape index (κ3) is 2.07. The van der Waals surface area contributed by atoms with E-state index in [0.717, 1.165) is 18.4 Å². The molecule has 3 saturated carbocycles. The third-order valence-corrected chi connectivity index (χ3v) is 8.23. The number of hydrogen-bond donors (Lipinski definition) is 2. The topological polar surface area (TPSA) is 74.6 Å². The molecule has 4 aliphatic rings. The van der Waals surface area contributed by atoms with Crippen molar-refractivity contribution in [3.05, 3.63) is 23.8 Å². The molecule has 0 aromatic carbocycles. The van der Waals surface area contributed by atoms with Crippen molar-refractivity contribution in [3.8, 4) is 0 Å². The van der Waals surface area contributed by atoms with E-state index in [0.29, 0.717) is 6.42 Å². The Morgan fingerprint density at radius 2 is 2.08 bits per heavy atom. The van der Waals surface area contributed by atoms with Crippen LogP contribution in [0.3, 0.4) is 0 Å². The molecule has 0 radical (unpaired) electrons. The maximum absolute atomic E-state index is 13.1. The summed E-state index contributed by atoms with van der Waals surface area (Å²) in [6.45, 7) is 2.77. The Balaban J connectivity index is 1.75. The highest BCUT2D eigenvalue weighted by Gasteiger charge is 2.68. The van der Waals surface area contributed by atoms with Gasteiger partial charge in [0.25, 0.3) is 0 Å². The van der Waals surface area contributed by atoms with Gasteiger partial charge in [-0.05, 0) is 56.1 Å².